The van der Waals surface area contributed by atoms with Gasteiger partial charge in [0.25, 0.3) is 0 Å². The van der Waals surface area contributed by atoms with Crippen LogP contribution in [-0.2, 0) is 11.2 Å². The molecule has 0 bridgehead atoms. The normalized spacial score (nSPS) is 10.2. The first-order valence-corrected chi connectivity index (χ1v) is 6.87. The second kappa shape index (κ2) is 6.83. The van der Waals surface area contributed by atoms with E-state index in [2.05, 4.69) is 9.97 Å². The van der Waals surface area contributed by atoms with Gasteiger partial charge < -0.3 is 9.47 Å². The van der Waals surface area contributed by atoms with Gasteiger partial charge in [-0.1, -0.05) is 6.92 Å². The summed E-state index contributed by atoms with van der Waals surface area (Å²) in [6.45, 7) is 4.56. The minimum Gasteiger partial charge on any atom is -0.494 e. The number of hydrogen-bond acceptors (Lipinski definition) is 5. The molecule has 2 rings (SSSR count). The van der Waals surface area contributed by atoms with Crippen LogP contribution in [0.25, 0.3) is 11.3 Å². The highest BCUT2D eigenvalue weighted by molar-refractivity contribution is 5.87. The third-order valence-corrected chi connectivity index (χ3v) is 3.02. The molecule has 0 aliphatic heterocycles. The van der Waals surface area contributed by atoms with E-state index in [-0.39, 0.29) is 5.69 Å². The first-order valence-electron chi connectivity index (χ1n) is 6.87. The van der Waals surface area contributed by atoms with Gasteiger partial charge >= 0.3 is 5.97 Å². The Kier molecular flexibility index (Phi) is 4.87. The lowest BCUT2D eigenvalue weighted by Gasteiger charge is -2.09. The summed E-state index contributed by atoms with van der Waals surface area (Å²) in [7, 11) is 1.33. The van der Waals surface area contributed by atoms with Gasteiger partial charge in [0, 0.05) is 5.56 Å². The van der Waals surface area contributed by atoms with Crippen LogP contribution in [0.1, 0.15) is 30.0 Å². The van der Waals surface area contributed by atoms with E-state index >= 15 is 0 Å². The van der Waals surface area contributed by atoms with Gasteiger partial charge in [0.15, 0.2) is 5.69 Å². The predicted molar refractivity (Wildman–Crippen MR) is 79.4 cm³/mol. The molecule has 0 radical (unpaired) electrons. The second-order valence-corrected chi connectivity index (χ2v) is 4.35. The fraction of sp³-hybridized carbons (Fsp3) is 0.312. The van der Waals surface area contributed by atoms with Crippen molar-refractivity contribution in [3.8, 4) is 17.0 Å². The molecule has 0 saturated carbocycles. The van der Waals surface area contributed by atoms with Gasteiger partial charge in [-0.3, -0.25) is 4.98 Å². The number of methoxy groups -OCH3 is 1. The zero-order chi connectivity index (χ0) is 15.2. The highest BCUT2D eigenvalue weighted by Crippen LogP contribution is 2.24. The SMILES string of the molecule is CCOc1ccc(-c2nc(C(=O)OC)cnc2CC)cc1. The first kappa shape index (κ1) is 15.0. The van der Waals surface area contributed by atoms with E-state index < -0.39 is 5.97 Å². The number of ether oxygens (including phenoxy) is 2. The molecule has 0 saturated heterocycles. The zero-order valence-electron chi connectivity index (χ0n) is 12.4. The average Bonchev–Trinajstić information content (AvgIpc) is 2.54. The van der Waals surface area contributed by atoms with Crippen LogP contribution in [0.4, 0.5) is 0 Å². The van der Waals surface area contributed by atoms with Crippen molar-refractivity contribution in [3.05, 3.63) is 41.9 Å². The van der Waals surface area contributed by atoms with Crippen molar-refractivity contribution < 1.29 is 14.3 Å². The van der Waals surface area contributed by atoms with Crippen LogP contribution in [-0.4, -0.2) is 29.7 Å². The number of aryl methyl sites for hydroxylation is 1. The van der Waals surface area contributed by atoms with Crippen LogP contribution in [0.15, 0.2) is 30.5 Å². The van der Waals surface area contributed by atoms with Gasteiger partial charge in [0.05, 0.1) is 31.3 Å². The number of rotatable bonds is 5. The molecule has 5 nitrogen and oxygen atoms in total. The Bertz CT molecular complexity index is 624. The van der Waals surface area contributed by atoms with Crippen LogP contribution >= 0.6 is 0 Å². The number of benzene rings is 1. The van der Waals surface area contributed by atoms with Gasteiger partial charge in [-0.2, -0.15) is 0 Å². The fourth-order valence-corrected chi connectivity index (χ4v) is 1.98. The van der Waals surface area contributed by atoms with E-state index in [4.69, 9.17) is 9.47 Å². The smallest absolute Gasteiger partial charge is 0.358 e. The molecule has 0 spiro atoms. The van der Waals surface area contributed by atoms with Crippen molar-refractivity contribution in [3.63, 3.8) is 0 Å². The standard InChI is InChI=1S/C16H18N2O3/c1-4-13-15(18-14(10-17-13)16(19)20-3)11-6-8-12(9-7-11)21-5-2/h6-10H,4-5H2,1-3H3. The topological polar surface area (TPSA) is 61.3 Å². The van der Waals surface area contributed by atoms with E-state index in [9.17, 15) is 4.79 Å². The van der Waals surface area contributed by atoms with Crippen LogP contribution in [0.2, 0.25) is 0 Å². The Morgan fingerprint density at radius 1 is 1.19 bits per heavy atom. The van der Waals surface area contributed by atoms with Gasteiger partial charge in [0.1, 0.15) is 5.75 Å². The van der Waals surface area contributed by atoms with E-state index in [1.807, 2.05) is 38.1 Å². The fourth-order valence-electron chi connectivity index (χ4n) is 1.98. The molecule has 0 aliphatic carbocycles. The minimum atomic E-state index is -0.489. The maximum atomic E-state index is 11.6. The number of aromatic nitrogens is 2. The Balaban J connectivity index is 2.42. The molecule has 1 aromatic heterocycles. The van der Waals surface area contributed by atoms with Crippen LogP contribution in [0.5, 0.6) is 5.75 Å². The molecular weight excluding hydrogens is 268 g/mol. The van der Waals surface area contributed by atoms with Crippen molar-refractivity contribution in [1.29, 1.82) is 0 Å². The maximum Gasteiger partial charge on any atom is 0.358 e. The Morgan fingerprint density at radius 2 is 1.90 bits per heavy atom. The van der Waals surface area contributed by atoms with Gasteiger partial charge in [-0.15, -0.1) is 0 Å². The van der Waals surface area contributed by atoms with E-state index in [0.29, 0.717) is 12.3 Å². The Hall–Kier alpha value is -2.43. The number of nitrogens with zero attached hydrogens (tertiary/aromatic N) is 2. The lowest BCUT2D eigenvalue weighted by atomic mass is 10.1. The summed E-state index contributed by atoms with van der Waals surface area (Å²) in [6.07, 6.45) is 2.18. The molecule has 0 unspecified atom stereocenters. The summed E-state index contributed by atoms with van der Waals surface area (Å²) in [5, 5.41) is 0. The van der Waals surface area contributed by atoms with Gasteiger partial charge in [-0.25, -0.2) is 9.78 Å². The first-order chi connectivity index (χ1) is 10.2. The predicted octanol–water partition coefficient (Wildman–Crippen LogP) is 2.89. The molecule has 110 valence electrons. The Labute approximate surface area is 124 Å². The molecule has 5 heteroatoms. The largest absolute Gasteiger partial charge is 0.494 e. The molecule has 21 heavy (non-hydrogen) atoms. The highest BCUT2D eigenvalue weighted by atomic mass is 16.5. The summed E-state index contributed by atoms with van der Waals surface area (Å²) in [5.41, 5.74) is 2.64. The maximum absolute atomic E-state index is 11.6. The third-order valence-electron chi connectivity index (χ3n) is 3.02. The quantitative estimate of drug-likeness (QED) is 0.791. The number of carbonyl (C=O) groups is 1. The summed E-state index contributed by atoms with van der Waals surface area (Å²) in [6, 6.07) is 7.58. The van der Waals surface area contributed by atoms with Gasteiger partial charge in [-0.05, 0) is 37.6 Å². The average molecular weight is 286 g/mol. The molecule has 0 atom stereocenters. The third kappa shape index (κ3) is 3.37. The summed E-state index contributed by atoms with van der Waals surface area (Å²) in [5.74, 6) is 0.314. The molecule has 2 aromatic rings. The van der Waals surface area contributed by atoms with Crippen molar-refractivity contribution in [2.45, 2.75) is 20.3 Å². The second-order valence-electron chi connectivity index (χ2n) is 4.35. The van der Waals surface area contributed by atoms with Crippen LogP contribution in [0, 0.1) is 0 Å². The van der Waals surface area contributed by atoms with Crippen molar-refractivity contribution in [2.75, 3.05) is 13.7 Å². The zero-order valence-corrected chi connectivity index (χ0v) is 12.4. The molecular formula is C16H18N2O3. The number of carbonyl (C=O) groups excluding carboxylic acids is 1. The molecule has 0 fully saturated rings. The van der Waals surface area contributed by atoms with Crippen molar-refractivity contribution >= 4 is 5.97 Å². The highest BCUT2D eigenvalue weighted by Gasteiger charge is 2.13. The van der Waals surface area contributed by atoms with Crippen LogP contribution in [0.3, 0.4) is 0 Å². The van der Waals surface area contributed by atoms with Crippen LogP contribution < -0.4 is 4.74 Å². The Morgan fingerprint density at radius 3 is 2.48 bits per heavy atom. The lowest BCUT2D eigenvalue weighted by Crippen LogP contribution is -2.08. The van der Waals surface area contributed by atoms with E-state index in [0.717, 1.165) is 23.4 Å². The molecule has 0 amide bonds. The van der Waals surface area contributed by atoms with E-state index in [1.165, 1.54) is 13.3 Å². The molecule has 1 aromatic carbocycles. The van der Waals surface area contributed by atoms with Crippen molar-refractivity contribution in [1.82, 2.24) is 9.97 Å². The summed E-state index contributed by atoms with van der Waals surface area (Å²) >= 11 is 0. The van der Waals surface area contributed by atoms with Gasteiger partial charge in [0.2, 0.25) is 0 Å². The van der Waals surface area contributed by atoms with E-state index in [1.54, 1.807) is 0 Å². The number of hydrogen-bond donors (Lipinski definition) is 0. The van der Waals surface area contributed by atoms with Crippen molar-refractivity contribution in [2.24, 2.45) is 0 Å². The molecule has 0 N–H and O–H groups in total. The molecule has 1 heterocycles. The summed E-state index contributed by atoms with van der Waals surface area (Å²) < 4.78 is 10.1. The summed E-state index contributed by atoms with van der Waals surface area (Å²) in [4.78, 5) is 20.3. The monoisotopic (exact) mass is 286 g/mol. The number of esters is 1. The lowest BCUT2D eigenvalue weighted by molar-refractivity contribution is 0.0593. The molecule has 0 aliphatic rings. The minimum absolute atomic E-state index is 0.207.